The maximum Gasteiger partial charge on any atom is 0.237 e. The highest BCUT2D eigenvalue weighted by Crippen LogP contribution is 2.29. The summed E-state index contributed by atoms with van der Waals surface area (Å²) in [5.74, 6) is -1.43. The second-order valence-electron chi connectivity index (χ2n) is 6.21. The summed E-state index contributed by atoms with van der Waals surface area (Å²) in [6.07, 6.45) is 0. The van der Waals surface area contributed by atoms with E-state index in [1.54, 1.807) is 6.92 Å². The number of thioether (sulfide) groups is 1. The third-order valence-electron chi connectivity index (χ3n) is 4.28. The normalized spacial score (nSPS) is 12.0. The van der Waals surface area contributed by atoms with Crippen molar-refractivity contribution in [3.63, 3.8) is 0 Å². The van der Waals surface area contributed by atoms with Crippen LogP contribution in [-0.4, -0.2) is 25.9 Å². The maximum atomic E-state index is 13.8. The highest BCUT2D eigenvalue weighted by molar-refractivity contribution is 8.00. The standard InChI is InChI=1S/C20H20F2N4OS/c1-4-26-18(14-9-6-5-8-12(14)2)24-25-20(26)28-13(3)19(27)23-17-15(21)10-7-11-16(17)22/h5-11,13H,4H2,1-3H3,(H,23,27)/t13-/m1/s1. The van der Waals surface area contributed by atoms with Gasteiger partial charge in [-0.15, -0.1) is 10.2 Å². The summed E-state index contributed by atoms with van der Waals surface area (Å²) >= 11 is 1.19. The van der Waals surface area contributed by atoms with Crippen molar-refractivity contribution < 1.29 is 13.6 Å². The summed E-state index contributed by atoms with van der Waals surface area (Å²) < 4.78 is 29.4. The Bertz CT molecular complexity index is 985. The van der Waals surface area contributed by atoms with E-state index in [1.165, 1.54) is 17.8 Å². The van der Waals surface area contributed by atoms with E-state index in [4.69, 9.17) is 0 Å². The number of carbonyl (C=O) groups is 1. The van der Waals surface area contributed by atoms with Crippen LogP contribution in [0.5, 0.6) is 0 Å². The van der Waals surface area contributed by atoms with Crippen LogP contribution in [0, 0.1) is 18.6 Å². The predicted molar refractivity (Wildman–Crippen MR) is 106 cm³/mol. The van der Waals surface area contributed by atoms with Crippen molar-refractivity contribution in [2.24, 2.45) is 0 Å². The monoisotopic (exact) mass is 402 g/mol. The molecule has 0 unspecified atom stereocenters. The molecule has 0 fully saturated rings. The van der Waals surface area contributed by atoms with Gasteiger partial charge in [-0.25, -0.2) is 8.78 Å². The van der Waals surface area contributed by atoms with E-state index in [0.29, 0.717) is 11.7 Å². The first-order chi connectivity index (χ1) is 13.4. The number of halogens is 2. The fourth-order valence-corrected chi connectivity index (χ4v) is 3.65. The van der Waals surface area contributed by atoms with Crippen LogP contribution in [0.4, 0.5) is 14.5 Å². The van der Waals surface area contributed by atoms with Crippen molar-refractivity contribution in [3.05, 3.63) is 59.7 Å². The second-order valence-corrected chi connectivity index (χ2v) is 7.52. The summed E-state index contributed by atoms with van der Waals surface area (Å²) in [6, 6.07) is 11.3. The lowest BCUT2D eigenvalue weighted by Gasteiger charge is -2.14. The molecule has 5 nitrogen and oxygen atoms in total. The number of para-hydroxylation sites is 1. The number of anilines is 1. The van der Waals surface area contributed by atoms with Crippen molar-refractivity contribution in [3.8, 4) is 11.4 Å². The number of rotatable bonds is 6. The second kappa shape index (κ2) is 8.52. The Morgan fingerprint density at radius 2 is 1.82 bits per heavy atom. The van der Waals surface area contributed by atoms with Crippen LogP contribution in [-0.2, 0) is 11.3 Å². The minimum atomic E-state index is -0.816. The molecule has 1 aromatic heterocycles. The third-order valence-corrected chi connectivity index (χ3v) is 5.36. The number of benzene rings is 2. The van der Waals surface area contributed by atoms with E-state index in [0.717, 1.165) is 29.1 Å². The smallest absolute Gasteiger partial charge is 0.237 e. The molecule has 146 valence electrons. The van der Waals surface area contributed by atoms with Crippen LogP contribution in [0.25, 0.3) is 11.4 Å². The first kappa shape index (κ1) is 20.0. The molecule has 0 aliphatic rings. The van der Waals surface area contributed by atoms with Gasteiger partial charge in [0.1, 0.15) is 17.3 Å². The molecule has 0 bridgehead atoms. The molecular weight excluding hydrogens is 382 g/mol. The molecule has 2 aromatic carbocycles. The molecule has 3 aromatic rings. The van der Waals surface area contributed by atoms with Crippen LogP contribution in [0.1, 0.15) is 19.4 Å². The van der Waals surface area contributed by atoms with Crippen molar-refractivity contribution in [2.45, 2.75) is 37.7 Å². The minimum Gasteiger partial charge on any atom is -0.320 e. The number of amides is 1. The number of aryl methyl sites for hydroxylation is 1. The molecule has 1 N–H and O–H groups in total. The van der Waals surface area contributed by atoms with Crippen LogP contribution in [0.3, 0.4) is 0 Å². The predicted octanol–water partition coefficient (Wildman–Crippen LogP) is 4.67. The van der Waals surface area contributed by atoms with Crippen LogP contribution >= 0.6 is 11.8 Å². The van der Waals surface area contributed by atoms with Gasteiger partial charge in [-0.05, 0) is 38.5 Å². The molecule has 0 aliphatic carbocycles. The van der Waals surface area contributed by atoms with Gasteiger partial charge in [0.25, 0.3) is 0 Å². The third kappa shape index (κ3) is 4.06. The first-order valence-corrected chi connectivity index (χ1v) is 9.71. The van der Waals surface area contributed by atoms with Crippen molar-refractivity contribution >= 4 is 23.4 Å². The van der Waals surface area contributed by atoms with Crippen molar-refractivity contribution in [2.75, 3.05) is 5.32 Å². The lowest BCUT2D eigenvalue weighted by molar-refractivity contribution is -0.115. The van der Waals surface area contributed by atoms with Gasteiger partial charge in [0.15, 0.2) is 11.0 Å². The van der Waals surface area contributed by atoms with Gasteiger partial charge in [-0.2, -0.15) is 0 Å². The molecular formula is C20H20F2N4OS. The lowest BCUT2D eigenvalue weighted by atomic mass is 10.1. The largest absolute Gasteiger partial charge is 0.320 e. The topological polar surface area (TPSA) is 59.8 Å². The number of nitrogens with one attached hydrogen (secondary N) is 1. The quantitative estimate of drug-likeness (QED) is 0.609. The van der Waals surface area contributed by atoms with Crippen molar-refractivity contribution in [1.29, 1.82) is 0 Å². The zero-order valence-electron chi connectivity index (χ0n) is 15.7. The van der Waals surface area contributed by atoms with Crippen molar-refractivity contribution in [1.82, 2.24) is 14.8 Å². The van der Waals surface area contributed by atoms with Crippen LogP contribution < -0.4 is 5.32 Å². The van der Waals surface area contributed by atoms with E-state index in [1.807, 2.05) is 42.7 Å². The minimum absolute atomic E-state index is 0.447. The van der Waals surface area contributed by atoms with E-state index in [-0.39, 0.29) is 0 Å². The highest BCUT2D eigenvalue weighted by Gasteiger charge is 2.22. The Morgan fingerprint density at radius 1 is 1.14 bits per heavy atom. The molecule has 8 heteroatoms. The van der Waals surface area contributed by atoms with Gasteiger partial charge in [0.2, 0.25) is 5.91 Å². The fraction of sp³-hybridized carbons (Fsp3) is 0.250. The van der Waals surface area contributed by atoms with E-state index in [2.05, 4.69) is 15.5 Å². The highest BCUT2D eigenvalue weighted by atomic mass is 32.2. The van der Waals surface area contributed by atoms with Crippen LogP contribution in [0.15, 0.2) is 47.6 Å². The summed E-state index contributed by atoms with van der Waals surface area (Å²) in [5.41, 5.74) is 1.59. The number of carbonyl (C=O) groups excluding carboxylic acids is 1. The number of aromatic nitrogens is 3. The Morgan fingerprint density at radius 3 is 2.46 bits per heavy atom. The number of hydrogen-bond donors (Lipinski definition) is 1. The Kier molecular flexibility index (Phi) is 6.08. The van der Waals surface area contributed by atoms with E-state index in [9.17, 15) is 13.6 Å². The van der Waals surface area contributed by atoms with Gasteiger partial charge >= 0.3 is 0 Å². The Hall–Kier alpha value is -2.74. The average molecular weight is 402 g/mol. The maximum absolute atomic E-state index is 13.8. The fourth-order valence-electron chi connectivity index (χ4n) is 2.74. The summed E-state index contributed by atoms with van der Waals surface area (Å²) in [7, 11) is 0. The molecule has 1 amide bonds. The number of hydrogen-bond acceptors (Lipinski definition) is 4. The SMILES string of the molecule is CCn1c(S[C@H](C)C(=O)Nc2c(F)cccc2F)nnc1-c1ccccc1C. The molecule has 28 heavy (non-hydrogen) atoms. The molecule has 0 spiro atoms. The summed E-state index contributed by atoms with van der Waals surface area (Å²) in [6.45, 7) is 6.24. The first-order valence-electron chi connectivity index (χ1n) is 8.83. The summed E-state index contributed by atoms with van der Waals surface area (Å²) in [4.78, 5) is 12.4. The Balaban J connectivity index is 1.80. The molecule has 0 aliphatic heterocycles. The molecule has 3 rings (SSSR count). The zero-order valence-corrected chi connectivity index (χ0v) is 16.6. The molecule has 0 saturated carbocycles. The van der Waals surface area contributed by atoms with Gasteiger partial charge in [-0.1, -0.05) is 42.1 Å². The molecule has 1 heterocycles. The molecule has 0 radical (unpaired) electrons. The van der Waals surface area contributed by atoms with Gasteiger partial charge in [0.05, 0.1) is 5.25 Å². The summed E-state index contributed by atoms with van der Waals surface area (Å²) in [5, 5.41) is 10.8. The average Bonchev–Trinajstić information content (AvgIpc) is 3.07. The van der Waals surface area contributed by atoms with Gasteiger partial charge in [0, 0.05) is 12.1 Å². The molecule has 1 atom stereocenters. The van der Waals surface area contributed by atoms with Gasteiger partial charge < -0.3 is 9.88 Å². The van der Waals surface area contributed by atoms with E-state index >= 15 is 0 Å². The molecule has 0 saturated heterocycles. The Labute approximate surface area is 166 Å². The van der Waals surface area contributed by atoms with E-state index < -0.39 is 28.5 Å². The van der Waals surface area contributed by atoms with Crippen LogP contribution in [0.2, 0.25) is 0 Å². The lowest BCUT2D eigenvalue weighted by Crippen LogP contribution is -2.24. The van der Waals surface area contributed by atoms with Gasteiger partial charge in [-0.3, -0.25) is 4.79 Å². The zero-order chi connectivity index (χ0) is 20.3. The number of nitrogens with zero attached hydrogens (tertiary/aromatic N) is 3.